The van der Waals surface area contributed by atoms with E-state index < -0.39 is 23.1 Å². The van der Waals surface area contributed by atoms with E-state index in [1.165, 1.54) is 4.90 Å². The molecule has 0 saturated carbocycles. The van der Waals surface area contributed by atoms with E-state index in [0.29, 0.717) is 17.9 Å². The molecule has 1 unspecified atom stereocenters. The minimum atomic E-state index is -1.13. The van der Waals surface area contributed by atoms with Gasteiger partial charge < -0.3 is 14.7 Å². The minimum absolute atomic E-state index is 0.0564. The summed E-state index contributed by atoms with van der Waals surface area (Å²) in [5, 5.41) is 13.8. The molecule has 3 rings (SSSR count). The zero-order chi connectivity index (χ0) is 20.1. The van der Waals surface area contributed by atoms with Crippen molar-refractivity contribution in [2.24, 2.45) is 5.41 Å². The van der Waals surface area contributed by atoms with Crippen molar-refractivity contribution in [3.63, 3.8) is 0 Å². The van der Waals surface area contributed by atoms with Gasteiger partial charge in [-0.3, -0.25) is 19.2 Å². The fourth-order valence-corrected chi connectivity index (χ4v) is 3.46. The van der Waals surface area contributed by atoms with Crippen LogP contribution in [0.5, 0.6) is 0 Å². The lowest BCUT2D eigenvalue weighted by molar-refractivity contribution is -0.147. The van der Waals surface area contributed by atoms with Gasteiger partial charge in [-0.25, -0.2) is 4.79 Å². The zero-order valence-corrected chi connectivity index (χ0v) is 16.4. The van der Waals surface area contributed by atoms with Gasteiger partial charge in [-0.05, 0) is 34.6 Å². The lowest BCUT2D eigenvalue weighted by Crippen LogP contribution is -2.47. The lowest BCUT2D eigenvalue weighted by atomic mass is 9.90. The van der Waals surface area contributed by atoms with E-state index in [-0.39, 0.29) is 31.5 Å². The number of rotatable bonds is 2. The minimum Gasteiger partial charge on any atom is -0.481 e. The van der Waals surface area contributed by atoms with Crippen LogP contribution in [0.1, 0.15) is 46.7 Å². The third-order valence-electron chi connectivity index (χ3n) is 5.00. The predicted octanol–water partition coefficient (Wildman–Crippen LogP) is 1.85. The quantitative estimate of drug-likeness (QED) is 0.842. The van der Waals surface area contributed by atoms with Gasteiger partial charge in [0.2, 0.25) is 5.91 Å². The first kappa shape index (κ1) is 19.2. The Morgan fingerprint density at radius 3 is 2.59 bits per heavy atom. The van der Waals surface area contributed by atoms with Crippen molar-refractivity contribution >= 4 is 23.7 Å². The maximum atomic E-state index is 12.6. The standard InChI is InChI=1S/C18H26N4O5/c1-11-8-22-13(9-20(11)16(26)27-17(2,3)4)12(7-19-22)21-10-18(5,15(24)25)6-14(21)23/h7,11H,6,8-10H2,1-5H3,(H,24,25)/t11-,18?/m0/s1. The molecule has 0 aromatic carbocycles. The normalized spacial score (nSPS) is 25.5. The van der Waals surface area contributed by atoms with E-state index >= 15 is 0 Å². The van der Waals surface area contributed by atoms with Crippen molar-refractivity contribution in [3.05, 3.63) is 11.9 Å². The number of carboxylic acid groups (broad SMARTS) is 1. The van der Waals surface area contributed by atoms with Crippen molar-refractivity contribution in [1.29, 1.82) is 0 Å². The lowest BCUT2D eigenvalue weighted by Gasteiger charge is -2.36. The highest BCUT2D eigenvalue weighted by Crippen LogP contribution is 2.37. The summed E-state index contributed by atoms with van der Waals surface area (Å²) in [6.07, 6.45) is 1.10. The average Bonchev–Trinajstić information content (AvgIpc) is 3.05. The third-order valence-corrected chi connectivity index (χ3v) is 5.00. The topological polar surface area (TPSA) is 105 Å². The molecule has 9 nitrogen and oxygen atoms in total. The molecule has 1 aromatic rings. The van der Waals surface area contributed by atoms with Crippen molar-refractivity contribution in [2.45, 2.75) is 65.8 Å². The second-order valence-electron chi connectivity index (χ2n) is 8.64. The van der Waals surface area contributed by atoms with Crippen LogP contribution in [0.4, 0.5) is 10.5 Å². The number of anilines is 1. The monoisotopic (exact) mass is 378 g/mol. The van der Waals surface area contributed by atoms with Crippen LogP contribution in [0.3, 0.4) is 0 Å². The highest BCUT2D eigenvalue weighted by Gasteiger charge is 2.47. The zero-order valence-electron chi connectivity index (χ0n) is 16.4. The molecule has 1 aromatic heterocycles. The summed E-state index contributed by atoms with van der Waals surface area (Å²) in [5.74, 6) is -1.25. The molecule has 0 bridgehead atoms. The van der Waals surface area contributed by atoms with Gasteiger partial charge in [0, 0.05) is 13.0 Å². The number of carbonyl (C=O) groups is 3. The number of nitrogens with zero attached hydrogens (tertiary/aromatic N) is 4. The van der Waals surface area contributed by atoms with Crippen molar-refractivity contribution in [1.82, 2.24) is 14.7 Å². The van der Waals surface area contributed by atoms with Gasteiger partial charge in [-0.2, -0.15) is 5.10 Å². The molecule has 2 amide bonds. The molecular formula is C18H26N4O5. The Morgan fingerprint density at radius 1 is 1.37 bits per heavy atom. The molecule has 1 fully saturated rings. The summed E-state index contributed by atoms with van der Waals surface area (Å²) < 4.78 is 7.26. The first-order chi connectivity index (χ1) is 12.4. The fourth-order valence-electron chi connectivity index (χ4n) is 3.46. The number of carbonyl (C=O) groups excluding carboxylic acids is 2. The van der Waals surface area contributed by atoms with Crippen LogP contribution in [0.25, 0.3) is 0 Å². The van der Waals surface area contributed by atoms with Crippen molar-refractivity contribution in [3.8, 4) is 0 Å². The third kappa shape index (κ3) is 3.50. The van der Waals surface area contributed by atoms with Gasteiger partial charge in [0.15, 0.2) is 0 Å². The molecule has 3 heterocycles. The number of carboxylic acids is 1. The second-order valence-corrected chi connectivity index (χ2v) is 8.64. The Kier molecular flexibility index (Phi) is 4.44. The molecule has 0 aliphatic carbocycles. The van der Waals surface area contributed by atoms with Crippen LogP contribution in [-0.2, 0) is 27.4 Å². The summed E-state index contributed by atoms with van der Waals surface area (Å²) >= 11 is 0. The number of aliphatic carboxylic acids is 1. The Balaban J connectivity index is 1.87. The molecule has 148 valence electrons. The highest BCUT2D eigenvalue weighted by molar-refractivity contribution is 6.01. The second kappa shape index (κ2) is 6.24. The molecular weight excluding hydrogens is 352 g/mol. The smallest absolute Gasteiger partial charge is 0.410 e. The summed E-state index contributed by atoms with van der Waals surface area (Å²) in [6, 6.07) is -0.112. The predicted molar refractivity (Wildman–Crippen MR) is 96.2 cm³/mol. The average molecular weight is 378 g/mol. The summed E-state index contributed by atoms with van der Waals surface area (Å²) in [4.78, 5) is 39.6. The van der Waals surface area contributed by atoms with Crippen molar-refractivity contribution in [2.75, 3.05) is 11.4 Å². The van der Waals surface area contributed by atoms with E-state index in [0.717, 1.165) is 0 Å². The molecule has 1 saturated heterocycles. The van der Waals surface area contributed by atoms with Crippen LogP contribution in [0.2, 0.25) is 0 Å². The van der Waals surface area contributed by atoms with Gasteiger partial charge in [0.05, 0.1) is 42.1 Å². The fraction of sp³-hybridized carbons (Fsp3) is 0.667. The molecule has 9 heteroatoms. The molecule has 27 heavy (non-hydrogen) atoms. The van der Waals surface area contributed by atoms with E-state index in [2.05, 4.69) is 5.10 Å². The number of ether oxygens (including phenoxy) is 1. The first-order valence-corrected chi connectivity index (χ1v) is 8.99. The Morgan fingerprint density at radius 2 is 2.04 bits per heavy atom. The number of aromatic nitrogens is 2. The van der Waals surface area contributed by atoms with Gasteiger partial charge in [-0.15, -0.1) is 0 Å². The molecule has 2 aliphatic rings. The summed E-state index contributed by atoms with van der Waals surface area (Å²) in [7, 11) is 0. The van der Waals surface area contributed by atoms with Crippen molar-refractivity contribution < 1.29 is 24.2 Å². The number of hydrogen-bond donors (Lipinski definition) is 1. The van der Waals surface area contributed by atoms with Gasteiger partial charge in [-0.1, -0.05) is 0 Å². The number of amides is 2. The van der Waals surface area contributed by atoms with E-state index in [1.807, 2.05) is 27.7 Å². The molecule has 2 atom stereocenters. The molecule has 0 radical (unpaired) electrons. The maximum Gasteiger partial charge on any atom is 0.410 e. The van der Waals surface area contributed by atoms with Gasteiger partial charge in [0.1, 0.15) is 5.60 Å². The van der Waals surface area contributed by atoms with Crippen LogP contribution >= 0.6 is 0 Å². The SMILES string of the molecule is C[C@H]1Cn2ncc(N3CC(C)(C(=O)O)CC3=O)c2CN1C(=O)OC(C)(C)C. The maximum absolute atomic E-state index is 12.6. The van der Waals surface area contributed by atoms with Crippen LogP contribution in [-0.4, -0.2) is 55.9 Å². The summed E-state index contributed by atoms with van der Waals surface area (Å²) in [5.41, 5.74) is -0.461. The number of fused-ring (bicyclic) bond motifs is 1. The van der Waals surface area contributed by atoms with E-state index in [4.69, 9.17) is 4.74 Å². The van der Waals surface area contributed by atoms with E-state index in [1.54, 1.807) is 22.7 Å². The van der Waals surface area contributed by atoms with Crippen LogP contribution in [0.15, 0.2) is 6.20 Å². The van der Waals surface area contributed by atoms with Crippen LogP contribution in [0, 0.1) is 5.41 Å². The first-order valence-electron chi connectivity index (χ1n) is 8.99. The molecule has 1 N–H and O–H groups in total. The van der Waals surface area contributed by atoms with Gasteiger partial charge >= 0.3 is 12.1 Å². The Bertz CT molecular complexity index is 796. The van der Waals surface area contributed by atoms with Gasteiger partial charge in [0.25, 0.3) is 0 Å². The summed E-state index contributed by atoms with van der Waals surface area (Å²) in [6.45, 7) is 9.73. The van der Waals surface area contributed by atoms with E-state index in [9.17, 15) is 19.5 Å². The highest BCUT2D eigenvalue weighted by atomic mass is 16.6. The Labute approximate surface area is 157 Å². The molecule has 2 aliphatic heterocycles. The van der Waals surface area contributed by atoms with Crippen LogP contribution < -0.4 is 4.90 Å². The Hall–Kier alpha value is -2.58. The number of hydrogen-bond acceptors (Lipinski definition) is 5. The largest absolute Gasteiger partial charge is 0.481 e. The molecule has 0 spiro atoms.